The molecule has 0 radical (unpaired) electrons. The highest BCUT2D eigenvalue weighted by Crippen LogP contribution is 2.31. The van der Waals surface area contributed by atoms with Crippen LogP contribution in [-0.4, -0.2) is 28.3 Å². The Labute approximate surface area is 163 Å². The molecule has 3 aromatic rings. The van der Waals surface area contributed by atoms with Crippen molar-refractivity contribution in [1.29, 1.82) is 0 Å². The summed E-state index contributed by atoms with van der Waals surface area (Å²) < 4.78 is 45.4. The minimum atomic E-state index is -4.43. The van der Waals surface area contributed by atoms with E-state index in [9.17, 15) is 18.0 Å². The molecule has 0 fully saturated rings. The highest BCUT2D eigenvalue weighted by atomic mass is 32.2. The molecule has 0 atom stereocenters. The number of anilines is 1. The van der Waals surface area contributed by atoms with Gasteiger partial charge in [0, 0.05) is 23.8 Å². The van der Waals surface area contributed by atoms with Crippen LogP contribution < -0.4 is 10.1 Å². The Kier molecular flexibility index (Phi) is 5.93. The molecule has 0 unspecified atom stereocenters. The first-order chi connectivity index (χ1) is 13.4. The molecule has 0 saturated heterocycles. The minimum absolute atomic E-state index is 0.0575. The standard InChI is InChI=1S/C19H16F3N3O2S/c1-27-16-7-5-14(6-8-16)24-17(26)12-28-18-23-9-10-25(18)15-4-2-3-13(11-15)19(20,21)22/h2-11H,12H2,1H3,(H,24,26). The van der Waals surface area contributed by atoms with Crippen LogP contribution in [-0.2, 0) is 11.0 Å². The maximum atomic E-state index is 12.9. The van der Waals surface area contributed by atoms with Crippen LogP contribution in [0, 0.1) is 0 Å². The summed E-state index contributed by atoms with van der Waals surface area (Å²) in [6.07, 6.45) is -1.40. The molecule has 146 valence electrons. The van der Waals surface area contributed by atoms with Gasteiger partial charge in [-0.25, -0.2) is 4.98 Å². The number of halogens is 3. The molecule has 0 bridgehead atoms. The zero-order valence-electron chi connectivity index (χ0n) is 14.7. The smallest absolute Gasteiger partial charge is 0.416 e. The molecule has 0 spiro atoms. The molecule has 3 rings (SSSR count). The second-order valence-corrected chi connectivity index (χ2v) is 6.64. The lowest BCUT2D eigenvalue weighted by Gasteiger charge is -2.11. The van der Waals surface area contributed by atoms with Gasteiger partial charge in [0.05, 0.1) is 18.4 Å². The molecule has 1 amide bonds. The van der Waals surface area contributed by atoms with E-state index in [0.717, 1.165) is 23.9 Å². The number of nitrogens with one attached hydrogen (secondary N) is 1. The van der Waals surface area contributed by atoms with Gasteiger partial charge in [-0.15, -0.1) is 0 Å². The van der Waals surface area contributed by atoms with E-state index in [-0.39, 0.29) is 11.7 Å². The lowest BCUT2D eigenvalue weighted by molar-refractivity contribution is -0.137. The normalized spacial score (nSPS) is 11.3. The molecule has 9 heteroatoms. The maximum absolute atomic E-state index is 12.9. The Bertz CT molecular complexity index is 956. The zero-order valence-corrected chi connectivity index (χ0v) is 15.6. The SMILES string of the molecule is COc1ccc(NC(=O)CSc2nccn2-c2cccc(C(F)(F)F)c2)cc1. The maximum Gasteiger partial charge on any atom is 0.416 e. The molecular formula is C19H16F3N3O2S. The Hall–Kier alpha value is -2.94. The number of methoxy groups -OCH3 is 1. The number of carbonyl (C=O) groups is 1. The highest BCUT2D eigenvalue weighted by molar-refractivity contribution is 7.99. The molecule has 1 N–H and O–H groups in total. The van der Waals surface area contributed by atoms with E-state index < -0.39 is 11.7 Å². The summed E-state index contributed by atoms with van der Waals surface area (Å²) in [5.74, 6) is 0.478. The molecule has 1 aromatic heterocycles. The largest absolute Gasteiger partial charge is 0.497 e. The van der Waals surface area contributed by atoms with Crippen LogP contribution in [0.1, 0.15) is 5.56 Å². The first kappa shape index (κ1) is 19.8. The highest BCUT2D eigenvalue weighted by Gasteiger charge is 2.30. The van der Waals surface area contributed by atoms with Crippen molar-refractivity contribution in [2.75, 3.05) is 18.2 Å². The van der Waals surface area contributed by atoms with Crippen molar-refractivity contribution in [3.63, 3.8) is 0 Å². The van der Waals surface area contributed by atoms with Gasteiger partial charge in [0.25, 0.3) is 0 Å². The number of nitrogens with zero attached hydrogens (tertiary/aromatic N) is 2. The number of hydrogen-bond acceptors (Lipinski definition) is 4. The van der Waals surface area contributed by atoms with Gasteiger partial charge in [0.1, 0.15) is 5.75 Å². The van der Waals surface area contributed by atoms with E-state index >= 15 is 0 Å². The third-order valence-electron chi connectivity index (χ3n) is 3.76. The fourth-order valence-corrected chi connectivity index (χ4v) is 3.20. The Morgan fingerprint density at radius 3 is 2.64 bits per heavy atom. The second kappa shape index (κ2) is 8.39. The van der Waals surface area contributed by atoms with Crippen molar-refractivity contribution in [3.8, 4) is 11.4 Å². The number of thioether (sulfide) groups is 1. The van der Waals surface area contributed by atoms with E-state index in [1.807, 2.05) is 0 Å². The average Bonchev–Trinajstić information content (AvgIpc) is 3.15. The number of imidazole rings is 1. The van der Waals surface area contributed by atoms with Crippen molar-refractivity contribution in [3.05, 3.63) is 66.5 Å². The van der Waals surface area contributed by atoms with Gasteiger partial charge in [-0.3, -0.25) is 9.36 Å². The number of rotatable bonds is 6. The topological polar surface area (TPSA) is 56.1 Å². The van der Waals surface area contributed by atoms with Gasteiger partial charge in [0.2, 0.25) is 5.91 Å². The van der Waals surface area contributed by atoms with Crippen molar-refractivity contribution >= 4 is 23.4 Å². The quantitative estimate of drug-likeness (QED) is 0.606. The van der Waals surface area contributed by atoms with Gasteiger partial charge in [-0.05, 0) is 42.5 Å². The van der Waals surface area contributed by atoms with Crippen LogP contribution in [0.5, 0.6) is 5.75 Å². The van der Waals surface area contributed by atoms with Gasteiger partial charge in [0.15, 0.2) is 5.16 Å². The summed E-state index contributed by atoms with van der Waals surface area (Å²) in [5, 5.41) is 3.16. The summed E-state index contributed by atoms with van der Waals surface area (Å²) in [6, 6.07) is 11.8. The number of aromatic nitrogens is 2. The third-order valence-corrected chi connectivity index (χ3v) is 4.73. The molecule has 0 aliphatic carbocycles. The van der Waals surface area contributed by atoms with Crippen LogP contribution in [0.2, 0.25) is 0 Å². The van der Waals surface area contributed by atoms with Gasteiger partial charge < -0.3 is 10.1 Å². The molecule has 28 heavy (non-hydrogen) atoms. The number of amides is 1. The summed E-state index contributed by atoms with van der Waals surface area (Å²) >= 11 is 1.13. The average molecular weight is 407 g/mol. The van der Waals surface area contributed by atoms with Gasteiger partial charge >= 0.3 is 6.18 Å². The molecule has 5 nitrogen and oxygen atoms in total. The van der Waals surface area contributed by atoms with E-state index in [1.54, 1.807) is 43.6 Å². The number of benzene rings is 2. The van der Waals surface area contributed by atoms with E-state index in [0.29, 0.717) is 22.3 Å². The van der Waals surface area contributed by atoms with Crippen molar-refractivity contribution in [1.82, 2.24) is 9.55 Å². The predicted octanol–water partition coefficient (Wildman–Crippen LogP) is 4.63. The van der Waals surface area contributed by atoms with Crippen molar-refractivity contribution < 1.29 is 22.7 Å². The lowest BCUT2D eigenvalue weighted by Crippen LogP contribution is -2.14. The van der Waals surface area contributed by atoms with E-state index in [2.05, 4.69) is 10.3 Å². The third kappa shape index (κ3) is 4.86. The van der Waals surface area contributed by atoms with Crippen LogP contribution in [0.4, 0.5) is 18.9 Å². The summed E-state index contributed by atoms with van der Waals surface area (Å²) in [5.41, 5.74) is 0.199. The number of hydrogen-bond donors (Lipinski definition) is 1. The van der Waals surface area contributed by atoms with E-state index in [4.69, 9.17) is 4.74 Å². The van der Waals surface area contributed by atoms with Crippen LogP contribution in [0.3, 0.4) is 0 Å². The summed E-state index contributed by atoms with van der Waals surface area (Å²) in [6.45, 7) is 0. The summed E-state index contributed by atoms with van der Waals surface area (Å²) in [4.78, 5) is 16.3. The summed E-state index contributed by atoms with van der Waals surface area (Å²) in [7, 11) is 1.55. The van der Waals surface area contributed by atoms with Gasteiger partial charge in [-0.1, -0.05) is 17.8 Å². The Balaban J connectivity index is 1.66. The Morgan fingerprint density at radius 1 is 1.21 bits per heavy atom. The molecule has 0 aliphatic heterocycles. The molecular weight excluding hydrogens is 391 g/mol. The second-order valence-electron chi connectivity index (χ2n) is 5.69. The molecule has 1 heterocycles. The number of alkyl halides is 3. The first-order valence-electron chi connectivity index (χ1n) is 8.14. The number of ether oxygens (including phenoxy) is 1. The molecule has 2 aromatic carbocycles. The van der Waals surface area contributed by atoms with Crippen LogP contribution >= 0.6 is 11.8 Å². The first-order valence-corrected chi connectivity index (χ1v) is 9.13. The lowest BCUT2D eigenvalue weighted by atomic mass is 10.2. The monoisotopic (exact) mass is 407 g/mol. The fourth-order valence-electron chi connectivity index (χ4n) is 2.43. The zero-order chi connectivity index (χ0) is 20.1. The predicted molar refractivity (Wildman–Crippen MR) is 101 cm³/mol. The number of carbonyl (C=O) groups excluding carboxylic acids is 1. The van der Waals surface area contributed by atoms with Crippen LogP contribution in [0.25, 0.3) is 5.69 Å². The minimum Gasteiger partial charge on any atom is -0.497 e. The molecule has 0 aliphatic rings. The van der Waals surface area contributed by atoms with E-state index in [1.165, 1.54) is 16.8 Å². The molecule has 0 saturated carbocycles. The fraction of sp³-hybridized carbons (Fsp3) is 0.158. The Morgan fingerprint density at radius 2 is 1.96 bits per heavy atom. The van der Waals surface area contributed by atoms with Gasteiger partial charge in [-0.2, -0.15) is 13.2 Å². The van der Waals surface area contributed by atoms with Crippen molar-refractivity contribution in [2.45, 2.75) is 11.3 Å². The van der Waals surface area contributed by atoms with Crippen molar-refractivity contribution in [2.24, 2.45) is 0 Å². The van der Waals surface area contributed by atoms with Crippen LogP contribution in [0.15, 0.2) is 66.1 Å².